The molecule has 24 aromatic carbocycles. The molecule has 4 nitrogen and oxygen atoms in total. The molecule has 8 heteroatoms. The smallest absolute Gasteiger partial charge is 0.148 e. The molecule has 0 spiro atoms. The highest BCUT2D eigenvalue weighted by molar-refractivity contribution is 6.30. The number of benzene rings is 24. The molecular weight excluding hydrogens is 1840 g/mol. The normalized spacial score (nSPS) is 11.5. The number of aryl methyl sites for hydroxylation is 12. The van der Waals surface area contributed by atoms with Crippen molar-refractivity contribution in [3.05, 3.63) is 526 Å². The Morgan fingerprint density at radius 3 is 0.560 bits per heavy atom. The Bertz CT molecular complexity index is 8780. The molecule has 24 rings (SSSR count). The summed E-state index contributed by atoms with van der Waals surface area (Å²) in [6, 6.07) is 146. The summed E-state index contributed by atoms with van der Waals surface area (Å²) in [6.07, 6.45) is 0. The van der Waals surface area contributed by atoms with Crippen molar-refractivity contribution in [2.24, 2.45) is 0 Å². The van der Waals surface area contributed by atoms with Gasteiger partial charge in [0.05, 0.1) is 45.5 Å². The summed E-state index contributed by atoms with van der Waals surface area (Å²) in [5, 5.41) is 12.3. The van der Waals surface area contributed by atoms with Crippen LogP contribution in [0.3, 0.4) is 0 Å². The Morgan fingerprint density at radius 2 is 0.340 bits per heavy atom. The first-order valence-corrected chi connectivity index (χ1v) is 51.5. The number of anilines is 12. The van der Waals surface area contributed by atoms with Crippen LogP contribution in [0.4, 0.5) is 85.8 Å². The summed E-state index contributed by atoms with van der Waals surface area (Å²) in [5.41, 5.74) is 38.1. The minimum atomic E-state index is -0.333. The molecule has 728 valence electrons. The molecular formula is C142H112F4N4. The van der Waals surface area contributed by atoms with E-state index in [4.69, 9.17) is 0 Å². The molecule has 0 atom stereocenters. The third-order valence-corrected chi connectivity index (χ3v) is 30.6. The van der Waals surface area contributed by atoms with Gasteiger partial charge in [0.25, 0.3) is 0 Å². The van der Waals surface area contributed by atoms with E-state index in [9.17, 15) is 0 Å². The van der Waals surface area contributed by atoms with E-state index in [2.05, 4.69) is 517 Å². The molecule has 0 saturated heterocycles. The molecule has 0 N–H and O–H groups in total. The maximum absolute atomic E-state index is 18.1. The van der Waals surface area contributed by atoms with E-state index in [0.29, 0.717) is 22.7 Å². The fourth-order valence-electron chi connectivity index (χ4n) is 22.0. The van der Waals surface area contributed by atoms with Gasteiger partial charge in [0, 0.05) is 66.5 Å². The van der Waals surface area contributed by atoms with Crippen molar-refractivity contribution in [3.8, 4) is 89.0 Å². The van der Waals surface area contributed by atoms with Gasteiger partial charge in [-0.1, -0.05) is 371 Å². The van der Waals surface area contributed by atoms with E-state index in [-0.39, 0.29) is 23.3 Å². The fraction of sp³-hybridized carbons (Fsp3) is 0.0986. The number of hydrogen-bond acceptors (Lipinski definition) is 4. The minimum Gasteiger partial charge on any atom is -0.307 e. The van der Waals surface area contributed by atoms with Gasteiger partial charge >= 0.3 is 0 Å². The highest BCUT2D eigenvalue weighted by Gasteiger charge is 2.34. The lowest BCUT2D eigenvalue weighted by molar-refractivity contribution is 0.629. The van der Waals surface area contributed by atoms with Gasteiger partial charge in [-0.2, -0.15) is 0 Å². The summed E-state index contributed by atoms with van der Waals surface area (Å²) in [6.45, 7) is 29.2. The number of halogens is 4. The van der Waals surface area contributed by atoms with Gasteiger partial charge in [0.2, 0.25) is 0 Å². The second-order valence-corrected chi connectivity index (χ2v) is 41.0. The zero-order valence-electron chi connectivity index (χ0n) is 86.7. The standard InChI is InChI=1S/C72H58F2N2.C70H54F2N2/c1-43-15-23-51(24-16-43)57-39-61(53-27-19-45(3)20-28-53)71(63(73)41-57)75(65-13-9-11-47(5)49(65)7)67-37-33-55-32-36-60-68(38-34-56-31-35-59(67)69(55)70(56)60)76(66-14-10-12-48(6)50(66)8)72-62(54-29-21-46(4)22-30-54)40-58(42-64(72)74)52-25-17-44(2)18-26-52;1-43-7-19-49(20-8-43)55-39-61(51-23-11-45(3)12-24-51)69(63(71)41-55)73(57-31-15-47(5)16-32-57)65-37-29-53-28-36-60-66(38-30-54-27-35-59(65)67(53)68(54)60)74(58-33-17-48(6)18-34-58)70-62(52-25-13-46(4)14-26-52)40-56(42-64(70)72)50-21-9-44(2)10-22-50/h9-42H,1-8H3;7-42H,1-6H3. The van der Waals surface area contributed by atoms with E-state index in [1.165, 1.54) is 0 Å². The van der Waals surface area contributed by atoms with Gasteiger partial charge in [-0.05, 0) is 338 Å². The average molecular weight is 1950 g/mol. The predicted octanol–water partition coefficient (Wildman–Crippen LogP) is 41.3. The van der Waals surface area contributed by atoms with E-state index in [1.807, 2.05) is 0 Å². The predicted molar refractivity (Wildman–Crippen MR) is 629 cm³/mol. The van der Waals surface area contributed by atoms with Crippen LogP contribution in [0.5, 0.6) is 0 Å². The lowest BCUT2D eigenvalue weighted by atomic mass is 9.90. The Hall–Kier alpha value is -17.7. The molecule has 0 radical (unpaired) electrons. The summed E-state index contributed by atoms with van der Waals surface area (Å²) >= 11 is 0. The molecule has 0 aromatic heterocycles. The summed E-state index contributed by atoms with van der Waals surface area (Å²) in [4.78, 5) is 8.51. The van der Waals surface area contributed by atoms with Crippen molar-refractivity contribution < 1.29 is 17.6 Å². The molecule has 0 heterocycles. The van der Waals surface area contributed by atoms with Gasteiger partial charge in [-0.3, -0.25) is 0 Å². The lowest BCUT2D eigenvalue weighted by Gasteiger charge is -2.33. The molecule has 0 aliphatic heterocycles. The van der Waals surface area contributed by atoms with Crippen LogP contribution >= 0.6 is 0 Å². The largest absolute Gasteiger partial charge is 0.307 e. The van der Waals surface area contributed by atoms with Crippen LogP contribution < -0.4 is 19.6 Å². The van der Waals surface area contributed by atoms with Crippen LogP contribution in [0.2, 0.25) is 0 Å². The number of hydrogen-bond donors (Lipinski definition) is 0. The zero-order valence-corrected chi connectivity index (χ0v) is 86.7. The van der Waals surface area contributed by atoms with Gasteiger partial charge in [0.1, 0.15) is 23.3 Å². The molecule has 0 aliphatic rings. The van der Waals surface area contributed by atoms with Crippen LogP contribution in [0.1, 0.15) is 77.9 Å². The number of rotatable bonds is 20. The van der Waals surface area contributed by atoms with Crippen molar-refractivity contribution in [2.75, 3.05) is 19.6 Å². The van der Waals surface area contributed by atoms with Crippen LogP contribution in [-0.4, -0.2) is 0 Å². The maximum atomic E-state index is 18.1. The SMILES string of the molecule is Cc1ccc(-c2cc(F)c(N(c3ccc(C)cc3)c3ccc4ccc5c(N(c6ccc(C)cc6)c6c(F)cc(-c7ccc(C)cc7)cc6-c6ccc(C)cc6)ccc6ccc3c4c65)c(-c3ccc(C)cc3)c2)cc1.Cc1ccc(-c2cc(F)c(N(c3cccc(C)c3C)c3ccc4ccc5c(N(c6cccc(C)c6C)c6c(F)cc(-c7ccc(C)cc7)cc6-c6ccc(C)cc6)ccc6ccc3c4c65)c(-c3ccc(C)cc3)c2)cc1. The Kier molecular flexibility index (Phi) is 25.1. The van der Waals surface area contributed by atoms with Gasteiger partial charge in [-0.15, -0.1) is 0 Å². The molecule has 0 fully saturated rings. The van der Waals surface area contributed by atoms with Crippen LogP contribution in [0, 0.1) is 120 Å². The highest BCUT2D eigenvalue weighted by Crippen LogP contribution is 2.57. The summed E-state index contributed by atoms with van der Waals surface area (Å²) in [5.74, 6) is -1.32. The molecule has 0 saturated carbocycles. The zero-order chi connectivity index (χ0) is 103. The van der Waals surface area contributed by atoms with Gasteiger partial charge in [0.15, 0.2) is 0 Å². The Balaban J connectivity index is 0.000000164. The fourth-order valence-corrected chi connectivity index (χ4v) is 22.0. The summed E-state index contributed by atoms with van der Waals surface area (Å²) < 4.78 is 72.0. The van der Waals surface area contributed by atoms with Crippen molar-refractivity contribution in [2.45, 2.75) is 96.9 Å². The molecule has 24 aromatic rings. The van der Waals surface area contributed by atoms with Crippen molar-refractivity contribution in [3.63, 3.8) is 0 Å². The molecule has 0 unspecified atom stereocenters. The third kappa shape index (κ3) is 17.7. The summed E-state index contributed by atoms with van der Waals surface area (Å²) in [7, 11) is 0. The second kappa shape index (κ2) is 39.2. The van der Waals surface area contributed by atoms with Crippen molar-refractivity contribution in [1.82, 2.24) is 0 Å². The first-order valence-electron chi connectivity index (χ1n) is 51.5. The Morgan fingerprint density at radius 1 is 0.153 bits per heavy atom. The monoisotopic (exact) mass is 1950 g/mol. The molecule has 150 heavy (non-hydrogen) atoms. The molecule has 0 aliphatic carbocycles. The van der Waals surface area contributed by atoms with Crippen molar-refractivity contribution >= 4 is 133 Å². The van der Waals surface area contributed by atoms with E-state index < -0.39 is 0 Å². The Labute approximate surface area is 875 Å². The lowest BCUT2D eigenvalue weighted by Crippen LogP contribution is -2.16. The highest BCUT2D eigenvalue weighted by atomic mass is 19.1. The van der Waals surface area contributed by atoms with Crippen LogP contribution in [-0.2, 0) is 0 Å². The van der Waals surface area contributed by atoms with Gasteiger partial charge < -0.3 is 19.6 Å². The van der Waals surface area contributed by atoms with Crippen molar-refractivity contribution in [1.29, 1.82) is 0 Å². The quantitative estimate of drug-likeness (QED) is 0.0557. The second-order valence-electron chi connectivity index (χ2n) is 41.0. The van der Waals surface area contributed by atoms with E-state index in [0.717, 1.165) is 277 Å². The topological polar surface area (TPSA) is 13.0 Å². The maximum Gasteiger partial charge on any atom is 0.148 e. The number of nitrogens with zero attached hydrogens (tertiary/aromatic N) is 4. The van der Waals surface area contributed by atoms with E-state index >= 15 is 17.6 Å². The van der Waals surface area contributed by atoms with E-state index in [1.54, 1.807) is 24.3 Å². The third-order valence-electron chi connectivity index (χ3n) is 30.6. The van der Waals surface area contributed by atoms with Crippen LogP contribution in [0.15, 0.2) is 425 Å². The van der Waals surface area contributed by atoms with Gasteiger partial charge in [-0.25, -0.2) is 17.6 Å². The average Bonchev–Trinajstić information content (AvgIpc) is 0.714. The first-order chi connectivity index (χ1) is 72.8. The first kappa shape index (κ1) is 95.8. The molecule has 0 bridgehead atoms. The minimum absolute atomic E-state index is 0.327. The molecule has 0 amide bonds. The van der Waals surface area contributed by atoms with Crippen LogP contribution in [0.25, 0.3) is 154 Å².